The zero-order valence-electron chi connectivity index (χ0n) is 12.0. The molecule has 0 bridgehead atoms. The number of piperidine rings is 1. The second-order valence-electron chi connectivity index (χ2n) is 6.53. The van der Waals surface area contributed by atoms with E-state index in [0.717, 1.165) is 25.6 Å². The highest BCUT2D eigenvalue weighted by molar-refractivity contribution is 5.81. The van der Waals surface area contributed by atoms with E-state index in [-0.39, 0.29) is 11.9 Å². The smallest absolute Gasteiger partial charge is 0.237 e. The van der Waals surface area contributed by atoms with E-state index in [0.29, 0.717) is 12.1 Å². The number of hydrogen-bond donors (Lipinski definition) is 2. The van der Waals surface area contributed by atoms with Crippen molar-refractivity contribution in [2.75, 3.05) is 19.6 Å². The van der Waals surface area contributed by atoms with Gasteiger partial charge in [0.15, 0.2) is 0 Å². The van der Waals surface area contributed by atoms with Crippen molar-refractivity contribution >= 4 is 5.91 Å². The van der Waals surface area contributed by atoms with Crippen LogP contribution in [0.15, 0.2) is 0 Å². The summed E-state index contributed by atoms with van der Waals surface area (Å²) in [5.74, 6) is 1.01. The summed E-state index contributed by atoms with van der Waals surface area (Å²) < 4.78 is 0. The van der Waals surface area contributed by atoms with E-state index in [4.69, 9.17) is 0 Å². The van der Waals surface area contributed by atoms with Crippen molar-refractivity contribution in [3.8, 4) is 0 Å². The second kappa shape index (κ2) is 5.80. The Bertz CT molecular complexity index is 327. The molecule has 0 aromatic rings. The van der Waals surface area contributed by atoms with Crippen LogP contribution in [0.25, 0.3) is 0 Å². The molecule has 0 aromatic carbocycles. The first kappa shape index (κ1) is 13.4. The number of fused-ring (bicyclic) bond motifs is 1. The molecular formula is C15H27N3O. The van der Waals surface area contributed by atoms with Crippen LogP contribution in [0, 0.1) is 5.92 Å². The van der Waals surface area contributed by atoms with E-state index in [1.165, 1.54) is 38.5 Å². The Morgan fingerprint density at radius 1 is 1.21 bits per heavy atom. The predicted octanol–water partition coefficient (Wildman–Crippen LogP) is 1.12. The molecule has 3 fully saturated rings. The molecule has 2 heterocycles. The van der Waals surface area contributed by atoms with E-state index in [2.05, 4.69) is 22.5 Å². The first-order valence-electron chi connectivity index (χ1n) is 8.02. The Balaban J connectivity index is 1.58. The highest BCUT2D eigenvalue weighted by Gasteiger charge is 2.39. The van der Waals surface area contributed by atoms with Gasteiger partial charge >= 0.3 is 0 Å². The van der Waals surface area contributed by atoms with Gasteiger partial charge in [0.05, 0.1) is 6.04 Å². The van der Waals surface area contributed by atoms with Gasteiger partial charge in [0.1, 0.15) is 0 Å². The maximum Gasteiger partial charge on any atom is 0.237 e. The largest absolute Gasteiger partial charge is 0.352 e. The average Bonchev–Trinajstić information content (AvgIpc) is 3.07. The van der Waals surface area contributed by atoms with Crippen molar-refractivity contribution in [3.63, 3.8) is 0 Å². The number of carbonyl (C=O) groups is 1. The number of hydrogen-bond acceptors (Lipinski definition) is 3. The minimum Gasteiger partial charge on any atom is -0.352 e. The van der Waals surface area contributed by atoms with Crippen LogP contribution in [0.2, 0.25) is 0 Å². The Labute approximate surface area is 116 Å². The van der Waals surface area contributed by atoms with Gasteiger partial charge in [-0.15, -0.1) is 0 Å². The van der Waals surface area contributed by atoms with Crippen LogP contribution < -0.4 is 10.6 Å². The van der Waals surface area contributed by atoms with Crippen molar-refractivity contribution in [1.29, 1.82) is 0 Å². The minimum absolute atomic E-state index is 0.0355. The summed E-state index contributed by atoms with van der Waals surface area (Å²) in [5.41, 5.74) is 0. The molecule has 3 atom stereocenters. The number of nitrogens with zero attached hydrogens (tertiary/aromatic N) is 1. The van der Waals surface area contributed by atoms with Crippen LogP contribution in [0.1, 0.15) is 45.4 Å². The first-order chi connectivity index (χ1) is 9.25. The van der Waals surface area contributed by atoms with Gasteiger partial charge in [-0.3, -0.25) is 9.69 Å². The molecule has 3 rings (SSSR count). The zero-order chi connectivity index (χ0) is 13.2. The predicted molar refractivity (Wildman–Crippen MR) is 75.9 cm³/mol. The van der Waals surface area contributed by atoms with Crippen LogP contribution in [-0.2, 0) is 4.79 Å². The lowest BCUT2D eigenvalue weighted by Crippen LogP contribution is -2.55. The van der Waals surface area contributed by atoms with Gasteiger partial charge in [-0.25, -0.2) is 0 Å². The summed E-state index contributed by atoms with van der Waals surface area (Å²) in [6.45, 7) is 5.37. The molecule has 4 heteroatoms. The van der Waals surface area contributed by atoms with Crippen LogP contribution in [0.5, 0.6) is 0 Å². The standard InChI is InChI=1S/C15H27N3O/c1-11(15(19)17-13-6-2-3-7-13)18-8-4-5-12-9-16-10-14(12)18/h11-14,16H,2-10H2,1H3,(H,17,19). The molecule has 4 nitrogen and oxygen atoms in total. The fourth-order valence-corrected chi connectivity index (χ4v) is 4.13. The van der Waals surface area contributed by atoms with Gasteiger partial charge in [-0.2, -0.15) is 0 Å². The van der Waals surface area contributed by atoms with E-state index in [9.17, 15) is 4.79 Å². The molecule has 2 N–H and O–H groups in total. The van der Waals surface area contributed by atoms with Crippen LogP contribution in [0.4, 0.5) is 0 Å². The third-order valence-corrected chi connectivity index (χ3v) is 5.30. The molecule has 0 aromatic heterocycles. The number of carbonyl (C=O) groups excluding carboxylic acids is 1. The minimum atomic E-state index is 0.0355. The number of likely N-dealkylation sites (tertiary alicyclic amines) is 1. The molecule has 0 radical (unpaired) electrons. The quantitative estimate of drug-likeness (QED) is 0.804. The molecule has 0 spiro atoms. The van der Waals surface area contributed by atoms with Crippen molar-refractivity contribution in [3.05, 3.63) is 0 Å². The molecule has 19 heavy (non-hydrogen) atoms. The Hall–Kier alpha value is -0.610. The van der Waals surface area contributed by atoms with Crippen molar-refractivity contribution in [2.45, 2.75) is 63.6 Å². The van der Waals surface area contributed by atoms with Crippen LogP contribution >= 0.6 is 0 Å². The maximum absolute atomic E-state index is 12.4. The molecule has 1 saturated carbocycles. The van der Waals surface area contributed by atoms with E-state index in [1.54, 1.807) is 0 Å². The molecular weight excluding hydrogens is 238 g/mol. The first-order valence-corrected chi connectivity index (χ1v) is 8.02. The Kier molecular flexibility index (Phi) is 4.08. The normalized spacial score (nSPS) is 34.2. The van der Waals surface area contributed by atoms with Crippen molar-refractivity contribution in [2.24, 2.45) is 5.92 Å². The lowest BCUT2D eigenvalue weighted by Gasteiger charge is -2.40. The van der Waals surface area contributed by atoms with Crippen LogP contribution in [-0.4, -0.2) is 48.6 Å². The fraction of sp³-hybridized carbons (Fsp3) is 0.933. The average molecular weight is 265 g/mol. The summed E-state index contributed by atoms with van der Waals surface area (Å²) in [7, 11) is 0. The van der Waals surface area contributed by atoms with E-state index >= 15 is 0 Å². The second-order valence-corrected chi connectivity index (χ2v) is 6.53. The van der Waals surface area contributed by atoms with Gasteiger partial charge < -0.3 is 10.6 Å². The summed E-state index contributed by atoms with van der Waals surface area (Å²) >= 11 is 0. The molecule has 2 aliphatic heterocycles. The Morgan fingerprint density at radius 3 is 2.79 bits per heavy atom. The van der Waals surface area contributed by atoms with Gasteiger partial charge in [0.25, 0.3) is 0 Å². The fourth-order valence-electron chi connectivity index (χ4n) is 4.13. The molecule has 3 aliphatic rings. The van der Waals surface area contributed by atoms with E-state index < -0.39 is 0 Å². The lowest BCUT2D eigenvalue weighted by atomic mass is 9.91. The van der Waals surface area contributed by atoms with Crippen molar-refractivity contribution < 1.29 is 4.79 Å². The number of nitrogens with one attached hydrogen (secondary N) is 2. The topological polar surface area (TPSA) is 44.4 Å². The number of amides is 1. The SMILES string of the molecule is CC(C(=O)NC1CCCC1)N1CCCC2CNCC21. The van der Waals surface area contributed by atoms with Gasteiger partial charge in [-0.05, 0) is 51.6 Å². The third kappa shape index (κ3) is 2.79. The monoisotopic (exact) mass is 265 g/mol. The molecule has 1 amide bonds. The zero-order valence-corrected chi connectivity index (χ0v) is 12.0. The summed E-state index contributed by atoms with van der Waals surface area (Å²) in [6, 6.07) is 1.06. The van der Waals surface area contributed by atoms with Gasteiger partial charge in [-0.1, -0.05) is 12.8 Å². The maximum atomic E-state index is 12.4. The molecule has 2 saturated heterocycles. The highest BCUT2D eigenvalue weighted by atomic mass is 16.2. The molecule has 3 unspecified atom stereocenters. The van der Waals surface area contributed by atoms with E-state index in [1.807, 2.05) is 0 Å². The summed E-state index contributed by atoms with van der Waals surface area (Å²) in [6.07, 6.45) is 7.46. The van der Waals surface area contributed by atoms with Gasteiger partial charge in [0.2, 0.25) is 5.91 Å². The summed E-state index contributed by atoms with van der Waals surface area (Å²) in [4.78, 5) is 14.9. The number of rotatable bonds is 3. The lowest BCUT2D eigenvalue weighted by molar-refractivity contribution is -0.128. The Morgan fingerprint density at radius 2 is 2.00 bits per heavy atom. The third-order valence-electron chi connectivity index (χ3n) is 5.30. The van der Waals surface area contributed by atoms with Crippen molar-refractivity contribution in [1.82, 2.24) is 15.5 Å². The summed E-state index contributed by atoms with van der Waals surface area (Å²) in [5, 5.41) is 6.74. The van der Waals surface area contributed by atoms with Crippen LogP contribution in [0.3, 0.4) is 0 Å². The van der Waals surface area contributed by atoms with Gasteiger partial charge in [0, 0.05) is 18.6 Å². The molecule has 108 valence electrons. The highest BCUT2D eigenvalue weighted by Crippen LogP contribution is 2.28. The molecule has 1 aliphatic carbocycles.